The van der Waals surface area contributed by atoms with Gasteiger partial charge in [0, 0.05) is 41.8 Å². The van der Waals surface area contributed by atoms with E-state index in [0.717, 1.165) is 12.0 Å². The highest BCUT2D eigenvalue weighted by Gasteiger charge is 2.31. The SMILES string of the molecule is CC[C@H](C)Nc1nc(Nc2cccc(OC(F)(F)F)c2)cc(-c2ccncc2)n1. The third kappa shape index (κ3) is 6.06. The van der Waals surface area contributed by atoms with E-state index in [2.05, 4.69) is 30.3 Å². The summed E-state index contributed by atoms with van der Waals surface area (Å²) in [6.07, 6.45) is -0.563. The van der Waals surface area contributed by atoms with Crippen molar-refractivity contribution in [2.75, 3.05) is 10.6 Å². The van der Waals surface area contributed by atoms with Crippen LogP contribution in [0.3, 0.4) is 0 Å². The summed E-state index contributed by atoms with van der Waals surface area (Å²) in [6.45, 7) is 4.04. The van der Waals surface area contributed by atoms with Crippen molar-refractivity contribution in [3.8, 4) is 17.0 Å². The fraction of sp³-hybridized carbons (Fsp3) is 0.250. The molecule has 0 aliphatic heterocycles. The summed E-state index contributed by atoms with van der Waals surface area (Å²) >= 11 is 0. The molecule has 2 aromatic heterocycles. The Balaban J connectivity index is 1.92. The normalized spacial score (nSPS) is 12.3. The molecule has 0 saturated carbocycles. The van der Waals surface area contributed by atoms with Crippen LogP contribution in [0.4, 0.5) is 30.6 Å². The first kappa shape index (κ1) is 20.4. The predicted molar refractivity (Wildman–Crippen MR) is 105 cm³/mol. The summed E-state index contributed by atoms with van der Waals surface area (Å²) in [7, 11) is 0. The van der Waals surface area contributed by atoms with Crippen molar-refractivity contribution in [3.05, 3.63) is 54.9 Å². The van der Waals surface area contributed by atoms with Gasteiger partial charge in [0.05, 0.1) is 5.69 Å². The van der Waals surface area contributed by atoms with Gasteiger partial charge >= 0.3 is 6.36 Å². The Bertz CT molecular complexity index is 950. The molecule has 29 heavy (non-hydrogen) atoms. The number of rotatable bonds is 7. The summed E-state index contributed by atoms with van der Waals surface area (Å²) in [5.41, 5.74) is 1.89. The molecule has 0 spiro atoms. The van der Waals surface area contributed by atoms with Crippen LogP contribution in [0.25, 0.3) is 11.3 Å². The Hall–Kier alpha value is -3.36. The molecule has 0 fully saturated rings. The lowest BCUT2D eigenvalue weighted by molar-refractivity contribution is -0.274. The average Bonchev–Trinajstić information content (AvgIpc) is 2.67. The summed E-state index contributed by atoms with van der Waals surface area (Å²) < 4.78 is 41.4. The number of anilines is 3. The van der Waals surface area contributed by atoms with E-state index in [4.69, 9.17) is 0 Å². The minimum absolute atomic E-state index is 0.152. The number of aromatic nitrogens is 3. The number of halogens is 3. The van der Waals surface area contributed by atoms with Gasteiger partial charge in [-0.1, -0.05) is 13.0 Å². The highest BCUT2D eigenvalue weighted by Crippen LogP contribution is 2.28. The molecule has 3 rings (SSSR count). The van der Waals surface area contributed by atoms with E-state index in [0.29, 0.717) is 23.1 Å². The predicted octanol–water partition coefficient (Wildman–Crippen LogP) is 5.39. The zero-order chi connectivity index (χ0) is 20.9. The second-order valence-electron chi connectivity index (χ2n) is 6.35. The van der Waals surface area contributed by atoms with Gasteiger partial charge in [0.15, 0.2) is 0 Å². The van der Waals surface area contributed by atoms with Gasteiger partial charge in [-0.25, -0.2) is 4.98 Å². The van der Waals surface area contributed by atoms with Gasteiger partial charge in [-0.2, -0.15) is 4.98 Å². The van der Waals surface area contributed by atoms with Crippen LogP contribution in [-0.4, -0.2) is 27.4 Å². The maximum atomic E-state index is 12.5. The number of nitrogens with one attached hydrogen (secondary N) is 2. The summed E-state index contributed by atoms with van der Waals surface area (Å²) in [6, 6.07) is 11.1. The number of nitrogens with zero attached hydrogens (tertiary/aromatic N) is 3. The molecule has 3 aromatic rings. The second kappa shape index (κ2) is 8.76. The van der Waals surface area contributed by atoms with E-state index >= 15 is 0 Å². The van der Waals surface area contributed by atoms with E-state index < -0.39 is 6.36 Å². The summed E-state index contributed by atoms with van der Waals surface area (Å²) in [5.74, 6) is 0.532. The van der Waals surface area contributed by atoms with E-state index in [1.165, 1.54) is 18.2 Å². The van der Waals surface area contributed by atoms with Crippen LogP contribution in [0.15, 0.2) is 54.9 Å². The number of hydrogen-bond acceptors (Lipinski definition) is 6. The lowest BCUT2D eigenvalue weighted by atomic mass is 10.2. The molecule has 6 nitrogen and oxygen atoms in total. The van der Waals surface area contributed by atoms with E-state index in [9.17, 15) is 13.2 Å². The maximum absolute atomic E-state index is 12.5. The minimum atomic E-state index is -4.75. The van der Waals surface area contributed by atoms with Crippen molar-refractivity contribution < 1.29 is 17.9 Å². The molecule has 2 N–H and O–H groups in total. The Kier molecular flexibility index (Phi) is 6.16. The Morgan fingerprint density at radius 3 is 2.52 bits per heavy atom. The van der Waals surface area contributed by atoms with Crippen LogP contribution in [0.5, 0.6) is 5.75 Å². The van der Waals surface area contributed by atoms with Crippen LogP contribution in [0.2, 0.25) is 0 Å². The van der Waals surface area contributed by atoms with Crippen molar-refractivity contribution in [2.45, 2.75) is 32.7 Å². The van der Waals surface area contributed by atoms with Crippen molar-refractivity contribution in [2.24, 2.45) is 0 Å². The molecule has 0 amide bonds. The molecule has 1 atom stereocenters. The van der Waals surface area contributed by atoms with Crippen molar-refractivity contribution in [1.29, 1.82) is 0 Å². The number of benzene rings is 1. The maximum Gasteiger partial charge on any atom is 0.573 e. The highest BCUT2D eigenvalue weighted by molar-refractivity contribution is 5.67. The monoisotopic (exact) mass is 403 g/mol. The number of pyridine rings is 1. The molecule has 0 saturated heterocycles. The van der Waals surface area contributed by atoms with Gasteiger partial charge in [0.2, 0.25) is 5.95 Å². The Morgan fingerprint density at radius 2 is 1.83 bits per heavy atom. The molecule has 0 bridgehead atoms. The summed E-state index contributed by atoms with van der Waals surface area (Å²) in [4.78, 5) is 13.0. The standard InChI is InChI=1S/C20H20F3N5O/c1-3-13(2)25-19-27-17(14-7-9-24-10-8-14)12-18(28-19)26-15-5-4-6-16(11-15)29-20(21,22)23/h4-13H,3H2,1-2H3,(H2,25,26,27,28)/t13-/m0/s1. The first-order valence-corrected chi connectivity index (χ1v) is 9.01. The largest absolute Gasteiger partial charge is 0.573 e. The van der Waals surface area contributed by atoms with E-state index in [-0.39, 0.29) is 11.8 Å². The van der Waals surface area contributed by atoms with Gasteiger partial charge in [-0.05, 0) is 37.6 Å². The van der Waals surface area contributed by atoms with Gasteiger partial charge in [-0.15, -0.1) is 13.2 Å². The van der Waals surface area contributed by atoms with E-state index in [1.807, 2.05) is 26.0 Å². The van der Waals surface area contributed by atoms with Crippen molar-refractivity contribution in [1.82, 2.24) is 15.0 Å². The Labute approximate surface area is 166 Å². The van der Waals surface area contributed by atoms with Crippen LogP contribution in [0, 0.1) is 0 Å². The van der Waals surface area contributed by atoms with Crippen LogP contribution >= 0.6 is 0 Å². The smallest absolute Gasteiger partial charge is 0.406 e. The highest BCUT2D eigenvalue weighted by atomic mass is 19.4. The van der Waals surface area contributed by atoms with Gasteiger partial charge in [0.25, 0.3) is 0 Å². The molecule has 0 unspecified atom stereocenters. The molecule has 9 heteroatoms. The lowest BCUT2D eigenvalue weighted by Gasteiger charge is -2.15. The van der Waals surface area contributed by atoms with Crippen LogP contribution < -0.4 is 15.4 Å². The number of ether oxygens (including phenoxy) is 1. The molecule has 1 aromatic carbocycles. The fourth-order valence-electron chi connectivity index (χ4n) is 2.49. The number of alkyl halides is 3. The van der Waals surface area contributed by atoms with Gasteiger partial charge < -0.3 is 15.4 Å². The van der Waals surface area contributed by atoms with Crippen LogP contribution in [-0.2, 0) is 0 Å². The first-order valence-electron chi connectivity index (χ1n) is 9.01. The van der Waals surface area contributed by atoms with Crippen molar-refractivity contribution >= 4 is 17.5 Å². The second-order valence-corrected chi connectivity index (χ2v) is 6.35. The van der Waals surface area contributed by atoms with Crippen molar-refractivity contribution in [3.63, 3.8) is 0 Å². The molecule has 152 valence electrons. The third-order valence-electron chi connectivity index (χ3n) is 4.03. The Morgan fingerprint density at radius 1 is 1.07 bits per heavy atom. The first-order chi connectivity index (χ1) is 13.8. The van der Waals surface area contributed by atoms with Gasteiger partial charge in [-0.3, -0.25) is 4.98 Å². The van der Waals surface area contributed by atoms with Crippen LogP contribution in [0.1, 0.15) is 20.3 Å². The molecule has 0 radical (unpaired) electrons. The molecular weight excluding hydrogens is 383 g/mol. The van der Waals surface area contributed by atoms with E-state index in [1.54, 1.807) is 24.5 Å². The fourth-order valence-corrected chi connectivity index (χ4v) is 2.49. The summed E-state index contributed by atoms with van der Waals surface area (Å²) in [5, 5.41) is 6.24. The molecule has 0 aliphatic carbocycles. The molecule has 2 heterocycles. The minimum Gasteiger partial charge on any atom is -0.406 e. The number of hydrogen-bond donors (Lipinski definition) is 2. The molecule has 0 aliphatic rings. The zero-order valence-electron chi connectivity index (χ0n) is 15.9. The quantitative estimate of drug-likeness (QED) is 0.551. The lowest BCUT2D eigenvalue weighted by Crippen LogP contribution is -2.17. The molecular formula is C20H20F3N5O. The average molecular weight is 403 g/mol. The topological polar surface area (TPSA) is 72.0 Å². The zero-order valence-corrected chi connectivity index (χ0v) is 15.9. The van der Waals surface area contributed by atoms with Gasteiger partial charge in [0.1, 0.15) is 11.6 Å². The third-order valence-corrected chi connectivity index (χ3v) is 4.03.